The number of halogens is 1. The van der Waals surface area contributed by atoms with E-state index >= 15 is 0 Å². The van der Waals surface area contributed by atoms with Crippen molar-refractivity contribution in [1.82, 2.24) is 0 Å². The van der Waals surface area contributed by atoms with Crippen molar-refractivity contribution in [2.24, 2.45) is 0 Å². The first-order chi connectivity index (χ1) is 9.65. The van der Waals surface area contributed by atoms with Gasteiger partial charge in [0.05, 0.1) is 13.2 Å². The van der Waals surface area contributed by atoms with Gasteiger partial charge in [-0.25, -0.2) is 0 Å². The Kier molecular flexibility index (Phi) is 5.07. The number of hydrogen-bond donors (Lipinski definition) is 1. The van der Waals surface area contributed by atoms with E-state index in [-0.39, 0.29) is 0 Å². The Labute approximate surface area is 129 Å². The SMILES string of the molecule is CCC(Nc1cccc(Br)c1C)c1ccc(OC)cc1. The molecule has 2 aromatic rings. The van der Waals surface area contributed by atoms with Crippen molar-refractivity contribution in [3.63, 3.8) is 0 Å². The second-order valence-electron chi connectivity index (χ2n) is 4.79. The molecule has 1 atom stereocenters. The lowest BCUT2D eigenvalue weighted by atomic mass is 10.0. The van der Waals surface area contributed by atoms with Crippen LogP contribution in [-0.4, -0.2) is 7.11 Å². The van der Waals surface area contributed by atoms with Gasteiger partial charge in [-0.3, -0.25) is 0 Å². The van der Waals surface area contributed by atoms with Gasteiger partial charge in [0.15, 0.2) is 0 Å². The third-order valence-electron chi connectivity index (χ3n) is 3.52. The lowest BCUT2D eigenvalue weighted by Gasteiger charge is -2.21. The topological polar surface area (TPSA) is 21.3 Å². The molecule has 0 amide bonds. The van der Waals surface area contributed by atoms with E-state index in [0.717, 1.165) is 16.6 Å². The van der Waals surface area contributed by atoms with Gasteiger partial charge in [0.1, 0.15) is 5.75 Å². The highest BCUT2D eigenvalue weighted by Crippen LogP contribution is 2.29. The minimum atomic E-state index is 0.300. The zero-order valence-corrected chi connectivity index (χ0v) is 13.7. The fourth-order valence-electron chi connectivity index (χ4n) is 2.21. The highest BCUT2D eigenvalue weighted by Gasteiger charge is 2.11. The van der Waals surface area contributed by atoms with Gasteiger partial charge in [0, 0.05) is 10.2 Å². The molecule has 0 heterocycles. The Hall–Kier alpha value is -1.48. The second-order valence-corrected chi connectivity index (χ2v) is 5.65. The highest BCUT2D eigenvalue weighted by molar-refractivity contribution is 9.10. The molecule has 3 heteroatoms. The van der Waals surface area contributed by atoms with E-state index in [2.05, 4.69) is 65.4 Å². The maximum absolute atomic E-state index is 5.21. The third kappa shape index (κ3) is 3.34. The molecular formula is C17H20BrNO. The van der Waals surface area contributed by atoms with E-state index in [4.69, 9.17) is 4.74 Å². The summed E-state index contributed by atoms with van der Waals surface area (Å²) in [6, 6.07) is 14.8. The molecule has 0 spiro atoms. The summed E-state index contributed by atoms with van der Waals surface area (Å²) in [6.07, 6.45) is 1.03. The monoisotopic (exact) mass is 333 g/mol. The van der Waals surface area contributed by atoms with Crippen LogP contribution < -0.4 is 10.1 Å². The van der Waals surface area contributed by atoms with Crippen molar-refractivity contribution >= 4 is 21.6 Å². The minimum absolute atomic E-state index is 0.300. The standard InChI is InChI=1S/C17H20BrNO/c1-4-16(13-8-10-14(20-3)11-9-13)19-17-7-5-6-15(18)12(17)2/h5-11,16,19H,4H2,1-3H3. The average Bonchev–Trinajstić information content (AvgIpc) is 2.49. The molecule has 0 bridgehead atoms. The molecule has 0 aromatic heterocycles. The first-order valence-electron chi connectivity index (χ1n) is 6.81. The summed E-state index contributed by atoms with van der Waals surface area (Å²) in [5.41, 5.74) is 3.68. The first kappa shape index (κ1) is 14.9. The number of anilines is 1. The fourth-order valence-corrected chi connectivity index (χ4v) is 2.58. The molecule has 2 aromatic carbocycles. The Balaban J connectivity index is 2.21. The molecule has 2 rings (SSSR count). The predicted molar refractivity (Wildman–Crippen MR) is 88.5 cm³/mol. The molecule has 0 aliphatic carbocycles. The van der Waals surface area contributed by atoms with Crippen molar-refractivity contribution < 1.29 is 4.74 Å². The van der Waals surface area contributed by atoms with Crippen molar-refractivity contribution in [2.75, 3.05) is 12.4 Å². The number of nitrogens with one attached hydrogen (secondary N) is 1. The lowest BCUT2D eigenvalue weighted by Crippen LogP contribution is -2.10. The Bertz CT molecular complexity index is 566. The molecule has 0 fully saturated rings. The molecule has 1 N–H and O–H groups in total. The van der Waals surface area contributed by atoms with Crippen LogP contribution in [-0.2, 0) is 0 Å². The van der Waals surface area contributed by atoms with Crippen molar-refractivity contribution in [2.45, 2.75) is 26.3 Å². The van der Waals surface area contributed by atoms with Crippen LogP contribution in [0.15, 0.2) is 46.9 Å². The molecule has 0 aliphatic heterocycles. The van der Waals surface area contributed by atoms with Crippen molar-refractivity contribution in [3.05, 3.63) is 58.1 Å². The van der Waals surface area contributed by atoms with Crippen LogP contribution in [0.2, 0.25) is 0 Å². The Morgan fingerprint density at radius 1 is 1.15 bits per heavy atom. The van der Waals surface area contributed by atoms with E-state index in [1.807, 2.05) is 12.1 Å². The second kappa shape index (κ2) is 6.80. The lowest BCUT2D eigenvalue weighted by molar-refractivity contribution is 0.414. The van der Waals surface area contributed by atoms with E-state index in [1.165, 1.54) is 16.8 Å². The van der Waals surface area contributed by atoms with Crippen LogP contribution in [0.5, 0.6) is 5.75 Å². The largest absolute Gasteiger partial charge is 0.497 e. The summed E-state index contributed by atoms with van der Waals surface area (Å²) in [5, 5.41) is 3.62. The molecule has 0 saturated carbocycles. The van der Waals surface area contributed by atoms with E-state index in [9.17, 15) is 0 Å². The average molecular weight is 334 g/mol. The molecule has 0 radical (unpaired) electrons. The van der Waals surface area contributed by atoms with Crippen LogP contribution in [0.25, 0.3) is 0 Å². The van der Waals surface area contributed by atoms with Crippen LogP contribution in [0, 0.1) is 6.92 Å². The van der Waals surface area contributed by atoms with Crippen LogP contribution >= 0.6 is 15.9 Å². The van der Waals surface area contributed by atoms with Gasteiger partial charge in [-0.1, -0.05) is 41.1 Å². The number of ether oxygens (including phenoxy) is 1. The molecule has 0 saturated heterocycles. The van der Waals surface area contributed by atoms with Crippen LogP contribution in [0.3, 0.4) is 0 Å². The number of rotatable bonds is 5. The van der Waals surface area contributed by atoms with Gasteiger partial charge >= 0.3 is 0 Å². The van der Waals surface area contributed by atoms with Gasteiger partial charge < -0.3 is 10.1 Å². The number of methoxy groups -OCH3 is 1. The summed E-state index contributed by atoms with van der Waals surface area (Å²) in [5.74, 6) is 0.891. The highest BCUT2D eigenvalue weighted by atomic mass is 79.9. The van der Waals surface area contributed by atoms with Gasteiger partial charge in [-0.15, -0.1) is 0 Å². The minimum Gasteiger partial charge on any atom is -0.497 e. The van der Waals surface area contributed by atoms with E-state index in [0.29, 0.717) is 6.04 Å². The van der Waals surface area contributed by atoms with Crippen LogP contribution in [0.1, 0.15) is 30.5 Å². The van der Waals surface area contributed by atoms with E-state index in [1.54, 1.807) is 7.11 Å². The molecular weight excluding hydrogens is 314 g/mol. The van der Waals surface area contributed by atoms with Crippen molar-refractivity contribution in [1.29, 1.82) is 0 Å². The molecule has 20 heavy (non-hydrogen) atoms. The summed E-state index contributed by atoms with van der Waals surface area (Å²) in [7, 11) is 1.69. The van der Waals surface area contributed by atoms with Crippen LogP contribution in [0.4, 0.5) is 5.69 Å². The van der Waals surface area contributed by atoms with Gasteiger partial charge in [-0.05, 0) is 48.7 Å². The summed E-state index contributed by atoms with van der Waals surface area (Å²) < 4.78 is 6.34. The Morgan fingerprint density at radius 2 is 1.85 bits per heavy atom. The van der Waals surface area contributed by atoms with Gasteiger partial charge in [0.2, 0.25) is 0 Å². The normalized spacial score (nSPS) is 12.0. The molecule has 106 valence electrons. The maximum Gasteiger partial charge on any atom is 0.118 e. The molecule has 2 nitrogen and oxygen atoms in total. The maximum atomic E-state index is 5.21. The fraction of sp³-hybridized carbons (Fsp3) is 0.294. The summed E-state index contributed by atoms with van der Waals surface area (Å²) in [4.78, 5) is 0. The zero-order chi connectivity index (χ0) is 14.5. The number of benzene rings is 2. The van der Waals surface area contributed by atoms with Gasteiger partial charge in [-0.2, -0.15) is 0 Å². The summed E-state index contributed by atoms with van der Waals surface area (Å²) in [6.45, 7) is 4.31. The first-order valence-corrected chi connectivity index (χ1v) is 7.60. The quantitative estimate of drug-likeness (QED) is 0.798. The Morgan fingerprint density at radius 3 is 2.45 bits per heavy atom. The number of hydrogen-bond acceptors (Lipinski definition) is 2. The molecule has 1 unspecified atom stereocenters. The molecule has 0 aliphatic rings. The van der Waals surface area contributed by atoms with Gasteiger partial charge in [0.25, 0.3) is 0 Å². The predicted octanol–water partition coefficient (Wildman–Crippen LogP) is 5.33. The summed E-state index contributed by atoms with van der Waals surface area (Å²) >= 11 is 3.58. The van der Waals surface area contributed by atoms with E-state index < -0.39 is 0 Å². The zero-order valence-electron chi connectivity index (χ0n) is 12.1. The smallest absolute Gasteiger partial charge is 0.118 e. The third-order valence-corrected chi connectivity index (χ3v) is 4.38. The van der Waals surface area contributed by atoms with Crippen molar-refractivity contribution in [3.8, 4) is 5.75 Å².